The average Bonchev–Trinajstić information content (AvgIpc) is 2.82. The van der Waals surface area contributed by atoms with Gasteiger partial charge in [-0.25, -0.2) is 9.59 Å². The second-order valence-corrected chi connectivity index (χ2v) is 6.73. The minimum atomic E-state index is -3.59. The van der Waals surface area contributed by atoms with Crippen LogP contribution in [0.1, 0.15) is 11.1 Å². The van der Waals surface area contributed by atoms with Gasteiger partial charge in [0.25, 0.3) is 0 Å². The number of ether oxygens (including phenoxy) is 4. The van der Waals surface area contributed by atoms with Crippen molar-refractivity contribution >= 4 is 22.7 Å². The van der Waals surface area contributed by atoms with Crippen molar-refractivity contribution in [1.82, 2.24) is 0 Å². The fraction of sp³-hybridized carbons (Fsp3) is 0.120. The number of hydrogen-bond acceptors (Lipinski definition) is 6. The van der Waals surface area contributed by atoms with E-state index in [0.29, 0.717) is 16.5 Å². The van der Waals surface area contributed by atoms with Gasteiger partial charge in [0, 0.05) is 12.2 Å². The third kappa shape index (κ3) is 6.39. The van der Waals surface area contributed by atoms with Gasteiger partial charge in [-0.05, 0) is 58.8 Å². The molecular weight excluding hydrogens is 434 g/mol. The lowest BCUT2D eigenvalue weighted by atomic mass is 10.0. The molecule has 0 aliphatic rings. The van der Waals surface area contributed by atoms with E-state index in [2.05, 4.69) is 17.9 Å². The van der Waals surface area contributed by atoms with Crippen LogP contribution in [0.5, 0.6) is 11.5 Å². The number of carbonyl (C=O) groups is 2. The first kappa shape index (κ1) is 23.5. The Morgan fingerprint density at radius 1 is 0.818 bits per heavy atom. The van der Waals surface area contributed by atoms with Gasteiger partial charge >= 0.3 is 18.0 Å². The molecule has 0 radical (unpaired) electrons. The van der Waals surface area contributed by atoms with Crippen LogP contribution in [0.25, 0.3) is 10.8 Å². The molecule has 3 rings (SSSR count). The Morgan fingerprint density at radius 3 is 2.12 bits per heavy atom. The topological polar surface area (TPSA) is 71.1 Å². The maximum absolute atomic E-state index is 14.7. The summed E-state index contributed by atoms with van der Waals surface area (Å²) in [5.41, 5.74) is 0.396. The number of fused-ring (bicyclic) bond motifs is 1. The second-order valence-electron chi connectivity index (χ2n) is 6.73. The standard InChI is InChI=1S/C25H20F2O6/c1-3-23(28)30-15-17-5-6-19-14-20(8-7-18(19)13-17)25(26,27)33-22-11-9-21(10-12-22)31-16-32-24(29)4-2/h3-14H,1-2,15-16H2. The normalized spacial score (nSPS) is 10.8. The molecule has 3 aromatic carbocycles. The third-order valence-electron chi connectivity index (χ3n) is 4.45. The van der Waals surface area contributed by atoms with E-state index in [-0.39, 0.29) is 24.7 Å². The highest BCUT2D eigenvalue weighted by molar-refractivity contribution is 5.84. The fourth-order valence-corrected chi connectivity index (χ4v) is 2.80. The number of alkyl halides is 2. The van der Waals surface area contributed by atoms with Gasteiger partial charge in [-0.1, -0.05) is 31.4 Å². The van der Waals surface area contributed by atoms with Crippen molar-refractivity contribution < 1.29 is 37.3 Å². The smallest absolute Gasteiger partial charge is 0.426 e. The van der Waals surface area contributed by atoms with E-state index in [0.717, 1.165) is 17.7 Å². The first-order chi connectivity index (χ1) is 15.8. The monoisotopic (exact) mass is 454 g/mol. The van der Waals surface area contributed by atoms with Crippen molar-refractivity contribution in [1.29, 1.82) is 0 Å². The van der Waals surface area contributed by atoms with Gasteiger partial charge in [-0.15, -0.1) is 0 Å². The van der Waals surface area contributed by atoms with Crippen molar-refractivity contribution in [3.63, 3.8) is 0 Å². The molecule has 0 spiro atoms. The second kappa shape index (κ2) is 10.4. The Morgan fingerprint density at radius 2 is 1.42 bits per heavy atom. The number of hydrogen-bond donors (Lipinski definition) is 0. The predicted octanol–water partition coefficient (Wildman–Crippen LogP) is 5.26. The highest BCUT2D eigenvalue weighted by atomic mass is 19.3. The van der Waals surface area contributed by atoms with Crippen LogP contribution in [0.2, 0.25) is 0 Å². The van der Waals surface area contributed by atoms with Gasteiger partial charge in [-0.3, -0.25) is 0 Å². The zero-order valence-corrected chi connectivity index (χ0v) is 17.5. The molecule has 0 unspecified atom stereocenters. The molecule has 0 amide bonds. The lowest BCUT2D eigenvalue weighted by Crippen LogP contribution is -2.21. The molecule has 0 bridgehead atoms. The lowest BCUT2D eigenvalue weighted by molar-refractivity contribution is -0.185. The van der Waals surface area contributed by atoms with Gasteiger partial charge in [0.15, 0.2) is 0 Å². The molecule has 0 saturated carbocycles. The minimum Gasteiger partial charge on any atom is -0.458 e. The van der Waals surface area contributed by atoms with Crippen LogP contribution in [-0.2, 0) is 31.8 Å². The first-order valence-electron chi connectivity index (χ1n) is 9.72. The molecule has 0 aliphatic carbocycles. The Kier molecular flexibility index (Phi) is 7.40. The van der Waals surface area contributed by atoms with Crippen LogP contribution in [0.3, 0.4) is 0 Å². The zero-order valence-electron chi connectivity index (χ0n) is 17.5. The predicted molar refractivity (Wildman–Crippen MR) is 117 cm³/mol. The quantitative estimate of drug-likeness (QED) is 0.236. The molecule has 0 aliphatic heterocycles. The van der Waals surface area contributed by atoms with Crippen molar-refractivity contribution in [2.75, 3.05) is 6.79 Å². The Labute approximate surface area is 188 Å². The number of benzene rings is 3. The van der Waals surface area contributed by atoms with E-state index in [9.17, 15) is 18.4 Å². The van der Waals surface area contributed by atoms with Gasteiger partial charge in [0.1, 0.15) is 18.1 Å². The van der Waals surface area contributed by atoms with E-state index in [4.69, 9.17) is 14.2 Å². The minimum absolute atomic E-state index is 0.0538. The van der Waals surface area contributed by atoms with Crippen molar-refractivity contribution in [3.8, 4) is 11.5 Å². The van der Waals surface area contributed by atoms with Gasteiger partial charge < -0.3 is 18.9 Å². The molecule has 33 heavy (non-hydrogen) atoms. The lowest BCUT2D eigenvalue weighted by Gasteiger charge is -2.19. The fourth-order valence-electron chi connectivity index (χ4n) is 2.80. The Bertz CT molecular complexity index is 1170. The van der Waals surface area contributed by atoms with Crippen LogP contribution in [0.15, 0.2) is 86.0 Å². The van der Waals surface area contributed by atoms with Crippen molar-refractivity contribution in [3.05, 3.63) is 97.1 Å². The third-order valence-corrected chi connectivity index (χ3v) is 4.45. The molecule has 3 aromatic rings. The Hall–Kier alpha value is -4.20. The summed E-state index contributed by atoms with van der Waals surface area (Å²) in [6.45, 7) is 6.30. The zero-order chi connectivity index (χ0) is 23.8. The average molecular weight is 454 g/mol. The van der Waals surface area contributed by atoms with Gasteiger partial charge in [0.2, 0.25) is 6.79 Å². The maximum atomic E-state index is 14.7. The molecule has 6 nitrogen and oxygen atoms in total. The molecule has 8 heteroatoms. The summed E-state index contributed by atoms with van der Waals surface area (Å²) in [5.74, 6) is -0.951. The summed E-state index contributed by atoms with van der Waals surface area (Å²) in [5, 5.41) is 1.28. The Balaban J connectivity index is 1.66. The summed E-state index contributed by atoms with van der Waals surface area (Å²) in [6, 6.07) is 14.7. The van der Waals surface area contributed by atoms with E-state index in [1.165, 1.54) is 36.4 Å². The molecule has 0 fully saturated rings. The molecular formula is C25H20F2O6. The van der Waals surface area contributed by atoms with Crippen molar-refractivity contribution in [2.24, 2.45) is 0 Å². The number of halogens is 2. The molecule has 0 N–H and O–H groups in total. The summed E-state index contributed by atoms with van der Waals surface area (Å²) >= 11 is 0. The van der Waals surface area contributed by atoms with E-state index in [1.807, 2.05) is 0 Å². The molecule has 0 aromatic heterocycles. The van der Waals surface area contributed by atoms with E-state index >= 15 is 0 Å². The molecule has 0 atom stereocenters. The van der Waals surface area contributed by atoms with Crippen LogP contribution >= 0.6 is 0 Å². The number of rotatable bonds is 10. The first-order valence-corrected chi connectivity index (χ1v) is 9.72. The van der Waals surface area contributed by atoms with Crippen LogP contribution in [-0.4, -0.2) is 18.7 Å². The summed E-state index contributed by atoms with van der Waals surface area (Å²) in [6.07, 6.45) is -1.53. The van der Waals surface area contributed by atoms with Gasteiger partial charge in [-0.2, -0.15) is 8.78 Å². The highest BCUT2D eigenvalue weighted by Crippen LogP contribution is 2.34. The molecule has 0 saturated heterocycles. The summed E-state index contributed by atoms with van der Waals surface area (Å²) in [7, 11) is 0. The van der Waals surface area contributed by atoms with E-state index < -0.39 is 18.0 Å². The van der Waals surface area contributed by atoms with E-state index in [1.54, 1.807) is 24.3 Å². The molecule has 0 heterocycles. The SMILES string of the molecule is C=CC(=O)OCOc1ccc(OC(F)(F)c2ccc3cc(COC(=O)C=C)ccc3c2)cc1. The highest BCUT2D eigenvalue weighted by Gasteiger charge is 2.34. The van der Waals surface area contributed by atoms with Gasteiger partial charge in [0.05, 0.1) is 5.56 Å². The summed E-state index contributed by atoms with van der Waals surface area (Å²) in [4.78, 5) is 22.2. The number of esters is 2. The summed E-state index contributed by atoms with van der Waals surface area (Å²) < 4.78 is 49.2. The van der Waals surface area contributed by atoms with Crippen molar-refractivity contribution in [2.45, 2.75) is 12.7 Å². The van der Waals surface area contributed by atoms with Crippen LogP contribution < -0.4 is 9.47 Å². The number of carbonyl (C=O) groups excluding carboxylic acids is 2. The maximum Gasteiger partial charge on any atom is 0.426 e. The largest absolute Gasteiger partial charge is 0.458 e. The van der Waals surface area contributed by atoms with Crippen LogP contribution in [0, 0.1) is 0 Å². The van der Waals surface area contributed by atoms with Crippen LogP contribution in [0.4, 0.5) is 8.78 Å². The molecule has 170 valence electrons.